The molecule has 0 saturated heterocycles. The first-order valence-electron chi connectivity index (χ1n) is 5.92. The van der Waals surface area contributed by atoms with Crippen molar-refractivity contribution in [1.29, 1.82) is 0 Å². The number of carbonyl (C=O) groups excluding carboxylic acids is 1. The third-order valence-electron chi connectivity index (χ3n) is 2.72. The van der Waals surface area contributed by atoms with Gasteiger partial charge >= 0.3 is 5.97 Å². The van der Waals surface area contributed by atoms with E-state index >= 15 is 0 Å². The predicted octanol–water partition coefficient (Wildman–Crippen LogP) is 1.56. The number of nitrogens with one attached hydrogen (secondary N) is 1. The molecule has 1 aromatic carbocycles. The van der Waals surface area contributed by atoms with Gasteiger partial charge in [-0.15, -0.1) is 0 Å². The number of carbonyl (C=O) groups is 2. The van der Waals surface area contributed by atoms with E-state index in [1.807, 2.05) is 0 Å². The molecule has 1 atom stereocenters. The number of aliphatic carboxylic acids is 1. The van der Waals surface area contributed by atoms with Crippen molar-refractivity contribution in [3.05, 3.63) is 30.1 Å². The minimum Gasteiger partial charge on any atom is -0.480 e. The van der Waals surface area contributed by atoms with Gasteiger partial charge in [-0.25, -0.2) is 4.39 Å². The zero-order valence-electron chi connectivity index (χ0n) is 10.9. The largest absolute Gasteiger partial charge is 0.480 e. The van der Waals surface area contributed by atoms with Gasteiger partial charge in [0.15, 0.2) is 0 Å². The molecule has 0 radical (unpaired) electrons. The van der Waals surface area contributed by atoms with Gasteiger partial charge in [-0.3, -0.25) is 14.5 Å². The van der Waals surface area contributed by atoms with Crippen molar-refractivity contribution < 1.29 is 19.1 Å². The van der Waals surface area contributed by atoms with Gasteiger partial charge in [-0.2, -0.15) is 0 Å². The fraction of sp³-hybridized carbons (Fsp3) is 0.385. The summed E-state index contributed by atoms with van der Waals surface area (Å²) in [5, 5.41) is 11.5. The molecular weight excluding hydrogens is 251 g/mol. The Morgan fingerprint density at radius 1 is 1.37 bits per heavy atom. The molecule has 1 rings (SSSR count). The van der Waals surface area contributed by atoms with Crippen molar-refractivity contribution in [2.45, 2.75) is 19.4 Å². The number of carboxylic acids is 1. The Hall–Kier alpha value is -1.95. The van der Waals surface area contributed by atoms with Crippen molar-refractivity contribution >= 4 is 17.6 Å². The van der Waals surface area contributed by atoms with Crippen molar-refractivity contribution in [1.82, 2.24) is 4.90 Å². The number of hydrogen-bond acceptors (Lipinski definition) is 3. The first-order chi connectivity index (χ1) is 8.93. The average Bonchev–Trinajstić information content (AvgIpc) is 2.32. The Morgan fingerprint density at radius 3 is 2.42 bits per heavy atom. The van der Waals surface area contributed by atoms with Crippen LogP contribution in [0.25, 0.3) is 0 Å². The van der Waals surface area contributed by atoms with Crippen molar-refractivity contribution in [2.75, 3.05) is 18.9 Å². The molecule has 0 spiro atoms. The summed E-state index contributed by atoms with van der Waals surface area (Å²) in [5.41, 5.74) is 0.475. The smallest absolute Gasteiger partial charge is 0.320 e. The van der Waals surface area contributed by atoms with Crippen LogP contribution < -0.4 is 5.32 Å². The van der Waals surface area contributed by atoms with Gasteiger partial charge in [0.25, 0.3) is 0 Å². The van der Waals surface area contributed by atoms with E-state index < -0.39 is 12.0 Å². The molecule has 0 bridgehead atoms. The average molecular weight is 268 g/mol. The quantitative estimate of drug-likeness (QED) is 0.821. The van der Waals surface area contributed by atoms with E-state index in [0.29, 0.717) is 12.1 Å². The first kappa shape index (κ1) is 15.1. The SMILES string of the molecule is CCC(C(=O)O)N(C)CC(=O)Nc1ccc(F)cc1. The Kier molecular flexibility index (Phi) is 5.44. The molecule has 0 fully saturated rings. The molecule has 0 aliphatic carbocycles. The minimum absolute atomic E-state index is 0.0395. The van der Waals surface area contributed by atoms with E-state index in [2.05, 4.69) is 5.32 Å². The van der Waals surface area contributed by atoms with Gasteiger partial charge < -0.3 is 10.4 Å². The van der Waals surface area contributed by atoms with Crippen LogP contribution in [0.4, 0.5) is 10.1 Å². The molecule has 0 saturated carbocycles. The summed E-state index contributed by atoms with van der Waals surface area (Å²) in [5.74, 6) is -1.68. The summed E-state index contributed by atoms with van der Waals surface area (Å²) < 4.78 is 12.7. The Labute approximate surface area is 111 Å². The molecule has 0 aromatic heterocycles. The molecule has 0 aliphatic rings. The Morgan fingerprint density at radius 2 is 1.95 bits per heavy atom. The normalized spacial score (nSPS) is 12.2. The molecule has 2 N–H and O–H groups in total. The molecule has 104 valence electrons. The number of carboxylic acid groups (broad SMARTS) is 1. The van der Waals surface area contributed by atoms with E-state index in [1.165, 1.54) is 29.2 Å². The van der Waals surface area contributed by atoms with Gasteiger partial charge in [-0.1, -0.05) is 6.92 Å². The van der Waals surface area contributed by atoms with Crippen LogP contribution in [-0.4, -0.2) is 41.5 Å². The maximum atomic E-state index is 12.7. The van der Waals surface area contributed by atoms with Gasteiger partial charge in [-0.05, 0) is 37.7 Å². The lowest BCUT2D eigenvalue weighted by Crippen LogP contribution is -2.42. The number of benzene rings is 1. The zero-order valence-corrected chi connectivity index (χ0v) is 10.9. The summed E-state index contributed by atoms with van der Waals surface area (Å²) in [6, 6.07) is 4.68. The molecule has 5 nitrogen and oxygen atoms in total. The van der Waals surface area contributed by atoms with Gasteiger partial charge in [0.2, 0.25) is 5.91 Å². The third-order valence-corrected chi connectivity index (χ3v) is 2.72. The van der Waals surface area contributed by atoms with E-state index in [1.54, 1.807) is 14.0 Å². The van der Waals surface area contributed by atoms with Gasteiger partial charge in [0.05, 0.1) is 6.54 Å². The first-order valence-corrected chi connectivity index (χ1v) is 5.92. The van der Waals surface area contributed by atoms with Crippen LogP contribution in [0.5, 0.6) is 0 Å². The molecule has 1 unspecified atom stereocenters. The predicted molar refractivity (Wildman–Crippen MR) is 69.4 cm³/mol. The lowest BCUT2D eigenvalue weighted by molar-refractivity contribution is -0.143. The summed E-state index contributed by atoms with van der Waals surface area (Å²) in [6.07, 6.45) is 0.412. The number of rotatable bonds is 6. The van der Waals surface area contributed by atoms with Crippen molar-refractivity contribution in [2.24, 2.45) is 0 Å². The monoisotopic (exact) mass is 268 g/mol. The van der Waals surface area contributed by atoms with Crippen molar-refractivity contribution in [3.8, 4) is 0 Å². The number of halogens is 1. The highest BCUT2D eigenvalue weighted by Crippen LogP contribution is 2.08. The zero-order chi connectivity index (χ0) is 14.4. The fourth-order valence-electron chi connectivity index (χ4n) is 1.75. The number of amides is 1. The lowest BCUT2D eigenvalue weighted by Gasteiger charge is -2.22. The Balaban J connectivity index is 2.55. The summed E-state index contributed by atoms with van der Waals surface area (Å²) in [6.45, 7) is 1.70. The van der Waals surface area contributed by atoms with E-state index in [4.69, 9.17) is 5.11 Å². The van der Waals surface area contributed by atoms with Crippen molar-refractivity contribution in [3.63, 3.8) is 0 Å². The molecule has 1 amide bonds. The van der Waals surface area contributed by atoms with E-state index in [-0.39, 0.29) is 18.3 Å². The van der Waals surface area contributed by atoms with Crippen LogP contribution in [0.15, 0.2) is 24.3 Å². The lowest BCUT2D eigenvalue weighted by atomic mass is 10.2. The third kappa shape index (κ3) is 4.67. The maximum Gasteiger partial charge on any atom is 0.320 e. The molecule has 0 aliphatic heterocycles. The maximum absolute atomic E-state index is 12.7. The number of anilines is 1. The van der Waals surface area contributed by atoms with Crippen LogP contribution in [0.1, 0.15) is 13.3 Å². The van der Waals surface area contributed by atoms with Gasteiger partial charge in [0.1, 0.15) is 11.9 Å². The summed E-state index contributed by atoms with van der Waals surface area (Å²) in [7, 11) is 1.58. The molecule has 1 aromatic rings. The van der Waals surface area contributed by atoms with Crippen LogP contribution in [0.2, 0.25) is 0 Å². The second-order valence-corrected chi connectivity index (χ2v) is 4.23. The second-order valence-electron chi connectivity index (χ2n) is 4.23. The topological polar surface area (TPSA) is 69.6 Å². The second kappa shape index (κ2) is 6.84. The standard InChI is InChI=1S/C13H17FN2O3/c1-3-11(13(18)19)16(2)8-12(17)15-10-6-4-9(14)5-7-10/h4-7,11H,3,8H2,1-2H3,(H,15,17)(H,18,19). The van der Waals surface area contributed by atoms with Crippen LogP contribution in [-0.2, 0) is 9.59 Å². The van der Waals surface area contributed by atoms with Crippen LogP contribution in [0.3, 0.4) is 0 Å². The van der Waals surface area contributed by atoms with Gasteiger partial charge in [0, 0.05) is 5.69 Å². The molecule has 6 heteroatoms. The number of hydrogen-bond donors (Lipinski definition) is 2. The van der Waals surface area contributed by atoms with Crippen LogP contribution >= 0.6 is 0 Å². The summed E-state index contributed by atoms with van der Waals surface area (Å²) in [4.78, 5) is 24.1. The van der Waals surface area contributed by atoms with E-state index in [0.717, 1.165) is 0 Å². The highest BCUT2D eigenvalue weighted by atomic mass is 19.1. The summed E-state index contributed by atoms with van der Waals surface area (Å²) >= 11 is 0. The highest BCUT2D eigenvalue weighted by Gasteiger charge is 2.22. The number of nitrogens with zero attached hydrogens (tertiary/aromatic N) is 1. The van der Waals surface area contributed by atoms with Crippen LogP contribution in [0, 0.1) is 5.82 Å². The van der Waals surface area contributed by atoms with E-state index in [9.17, 15) is 14.0 Å². The number of likely N-dealkylation sites (N-methyl/N-ethyl adjacent to an activating group) is 1. The molecular formula is C13H17FN2O3. The Bertz CT molecular complexity index is 448. The minimum atomic E-state index is -0.959. The fourth-order valence-corrected chi connectivity index (χ4v) is 1.75. The highest BCUT2D eigenvalue weighted by molar-refractivity contribution is 5.92. The molecule has 0 heterocycles. The molecule has 19 heavy (non-hydrogen) atoms.